The monoisotopic (exact) mass is 500 g/mol. The molecule has 0 amide bonds. The van der Waals surface area contributed by atoms with E-state index >= 15 is 0 Å². The average molecular weight is 501 g/mol. The Balaban J connectivity index is 1.47. The van der Waals surface area contributed by atoms with Crippen LogP contribution in [0.25, 0.3) is 28.1 Å². The molecule has 0 radical (unpaired) electrons. The van der Waals surface area contributed by atoms with E-state index in [0.29, 0.717) is 34.2 Å². The van der Waals surface area contributed by atoms with Crippen LogP contribution in [0, 0.1) is 5.82 Å². The third kappa shape index (κ3) is 3.82. The van der Waals surface area contributed by atoms with E-state index in [0.717, 1.165) is 12.8 Å². The number of aliphatic hydroxyl groups excluding tert-OH is 1. The van der Waals surface area contributed by atoms with Crippen LogP contribution in [0.4, 0.5) is 17.6 Å². The largest absolute Gasteiger partial charge is 0.408 e. The third-order valence-electron chi connectivity index (χ3n) is 7.39. The second-order valence-corrected chi connectivity index (χ2v) is 9.86. The van der Waals surface area contributed by atoms with E-state index in [-0.39, 0.29) is 37.1 Å². The lowest BCUT2D eigenvalue weighted by Crippen LogP contribution is -2.38. The Morgan fingerprint density at radius 3 is 2.61 bits per heavy atom. The molecule has 0 spiro atoms. The first-order chi connectivity index (χ1) is 17.2. The molecule has 0 bridgehead atoms. The summed E-state index contributed by atoms with van der Waals surface area (Å²) >= 11 is 0. The van der Waals surface area contributed by atoms with E-state index in [1.54, 1.807) is 12.1 Å². The highest BCUT2D eigenvalue weighted by atomic mass is 19.4. The van der Waals surface area contributed by atoms with Crippen molar-refractivity contribution < 1.29 is 22.7 Å². The molecule has 1 saturated heterocycles. The Morgan fingerprint density at radius 1 is 1.14 bits per heavy atom. The molecule has 7 nitrogen and oxygen atoms in total. The van der Waals surface area contributed by atoms with Crippen molar-refractivity contribution in [3.63, 3.8) is 0 Å². The summed E-state index contributed by atoms with van der Waals surface area (Å²) in [4.78, 5) is 6.08. The predicted octanol–water partition coefficient (Wildman–Crippen LogP) is 3.74. The molecule has 2 fully saturated rings. The molecule has 2 aliphatic rings. The summed E-state index contributed by atoms with van der Waals surface area (Å²) in [7, 11) is 0. The quantitative estimate of drug-likeness (QED) is 0.406. The smallest absolute Gasteiger partial charge is 0.395 e. The van der Waals surface area contributed by atoms with Gasteiger partial charge in [-0.15, -0.1) is 10.2 Å². The highest BCUT2D eigenvalue weighted by Gasteiger charge is 2.47. The molecule has 4 heterocycles. The number of aliphatic hydroxyl groups is 1. The molecule has 1 saturated carbocycles. The van der Waals surface area contributed by atoms with Crippen LogP contribution in [0.3, 0.4) is 0 Å². The van der Waals surface area contributed by atoms with Gasteiger partial charge in [-0.3, -0.25) is 9.30 Å². The van der Waals surface area contributed by atoms with Crippen molar-refractivity contribution >= 4 is 16.6 Å². The van der Waals surface area contributed by atoms with Crippen molar-refractivity contribution in [1.82, 2.24) is 24.5 Å². The van der Waals surface area contributed by atoms with Crippen LogP contribution in [0.5, 0.6) is 0 Å². The predicted molar refractivity (Wildman–Crippen MR) is 125 cm³/mol. The number of aromatic nitrogens is 4. The molecule has 36 heavy (non-hydrogen) atoms. The zero-order valence-electron chi connectivity index (χ0n) is 19.2. The minimum Gasteiger partial charge on any atom is -0.395 e. The maximum Gasteiger partial charge on any atom is 0.408 e. The molecule has 1 aromatic carbocycles. The zero-order valence-corrected chi connectivity index (χ0v) is 19.2. The standard InChI is InChI=1S/C25H24F4N6O/c26-16-9-14-1-3-19(31-21(14)18(10-16)24(13-36)6-7-24)23-33-32-20-4-2-15(11-35(20)23)22(25(27,28)29)34-8-5-17(30)12-34/h1-4,9-11,17,22,36H,5-8,12-13,30H2/t17-,22+/m0/s1. The van der Waals surface area contributed by atoms with Crippen LogP contribution < -0.4 is 5.73 Å². The normalized spacial score (nSPS) is 20.9. The SMILES string of the molecule is N[C@H]1CCN([C@H](c2ccc3nnc(-c4ccc5cc(F)cc(C6(CO)CC6)c5n4)n3c2)C(F)(F)F)C1. The van der Waals surface area contributed by atoms with Crippen LogP contribution in [0.1, 0.15) is 36.4 Å². The fourth-order valence-electron chi connectivity index (χ4n) is 5.29. The number of rotatable bonds is 5. The topological polar surface area (TPSA) is 92.6 Å². The number of hydrogen-bond acceptors (Lipinski definition) is 6. The summed E-state index contributed by atoms with van der Waals surface area (Å²) < 4.78 is 58.3. The van der Waals surface area contributed by atoms with Gasteiger partial charge in [0.05, 0.1) is 12.1 Å². The molecule has 3 aromatic heterocycles. The number of benzene rings is 1. The highest BCUT2D eigenvalue weighted by molar-refractivity contribution is 5.85. The van der Waals surface area contributed by atoms with Crippen molar-refractivity contribution in [2.75, 3.05) is 19.7 Å². The van der Waals surface area contributed by atoms with Crippen LogP contribution >= 0.6 is 0 Å². The molecule has 1 aliphatic carbocycles. The van der Waals surface area contributed by atoms with Crippen LogP contribution in [-0.4, -0.2) is 61.5 Å². The fraction of sp³-hybridized carbons (Fsp3) is 0.400. The minimum atomic E-state index is -4.49. The van der Waals surface area contributed by atoms with Gasteiger partial charge in [-0.25, -0.2) is 9.37 Å². The zero-order chi connectivity index (χ0) is 25.2. The van der Waals surface area contributed by atoms with Crippen LogP contribution in [0.15, 0.2) is 42.6 Å². The summed E-state index contributed by atoms with van der Waals surface area (Å²) in [5.41, 5.74) is 7.35. The van der Waals surface area contributed by atoms with Crippen molar-refractivity contribution in [3.8, 4) is 11.5 Å². The lowest BCUT2D eigenvalue weighted by Gasteiger charge is -2.30. The highest BCUT2D eigenvalue weighted by Crippen LogP contribution is 2.50. The Morgan fingerprint density at radius 2 is 1.94 bits per heavy atom. The molecule has 6 rings (SSSR count). The van der Waals surface area contributed by atoms with Gasteiger partial charge in [-0.1, -0.05) is 12.1 Å². The van der Waals surface area contributed by atoms with Gasteiger partial charge < -0.3 is 10.8 Å². The summed E-state index contributed by atoms with van der Waals surface area (Å²) in [6.07, 6.45) is -1.13. The molecule has 2 atom stereocenters. The van der Waals surface area contributed by atoms with E-state index in [2.05, 4.69) is 10.2 Å². The number of pyridine rings is 2. The van der Waals surface area contributed by atoms with E-state index in [4.69, 9.17) is 10.7 Å². The van der Waals surface area contributed by atoms with E-state index in [1.165, 1.54) is 39.8 Å². The fourth-order valence-corrected chi connectivity index (χ4v) is 5.29. The molecular weight excluding hydrogens is 476 g/mol. The maximum absolute atomic E-state index is 14.3. The van der Waals surface area contributed by atoms with Gasteiger partial charge in [0.25, 0.3) is 0 Å². The molecule has 4 aromatic rings. The van der Waals surface area contributed by atoms with Gasteiger partial charge in [0.15, 0.2) is 11.5 Å². The van der Waals surface area contributed by atoms with Crippen LogP contribution in [-0.2, 0) is 5.41 Å². The average Bonchev–Trinajstić information content (AvgIpc) is 3.35. The lowest BCUT2D eigenvalue weighted by molar-refractivity contribution is -0.183. The maximum atomic E-state index is 14.3. The van der Waals surface area contributed by atoms with Crippen molar-refractivity contribution in [2.24, 2.45) is 5.73 Å². The Hall–Kier alpha value is -3.15. The second-order valence-electron chi connectivity index (χ2n) is 9.86. The Labute approximate surface area is 203 Å². The lowest BCUT2D eigenvalue weighted by atomic mass is 9.94. The van der Waals surface area contributed by atoms with Gasteiger partial charge >= 0.3 is 6.18 Å². The summed E-state index contributed by atoms with van der Waals surface area (Å²) in [5.74, 6) is -0.138. The van der Waals surface area contributed by atoms with Crippen molar-refractivity contribution in [2.45, 2.75) is 42.9 Å². The summed E-state index contributed by atoms with van der Waals surface area (Å²) in [6.45, 7) is 0.305. The van der Waals surface area contributed by atoms with Gasteiger partial charge in [0.1, 0.15) is 17.6 Å². The molecular formula is C25H24F4N6O. The van der Waals surface area contributed by atoms with Crippen molar-refractivity contribution in [3.05, 3.63) is 59.5 Å². The number of alkyl halides is 3. The van der Waals surface area contributed by atoms with E-state index in [1.807, 2.05) is 0 Å². The van der Waals surface area contributed by atoms with Gasteiger partial charge in [-0.05, 0) is 54.7 Å². The Kier molecular flexibility index (Phi) is 5.29. The molecule has 188 valence electrons. The molecule has 11 heteroatoms. The molecule has 0 unspecified atom stereocenters. The van der Waals surface area contributed by atoms with Gasteiger partial charge in [-0.2, -0.15) is 13.2 Å². The number of likely N-dealkylation sites (tertiary alicyclic amines) is 1. The minimum absolute atomic E-state index is 0.0610. The number of nitrogens with two attached hydrogens (primary N) is 1. The first kappa shape index (κ1) is 23.3. The number of hydrogen-bond donors (Lipinski definition) is 2. The van der Waals surface area contributed by atoms with Gasteiger partial charge in [0.2, 0.25) is 0 Å². The first-order valence-corrected chi connectivity index (χ1v) is 11.8. The van der Waals surface area contributed by atoms with Gasteiger partial charge in [0, 0.05) is 36.1 Å². The van der Waals surface area contributed by atoms with E-state index in [9.17, 15) is 22.7 Å². The first-order valence-electron chi connectivity index (χ1n) is 11.8. The number of nitrogens with zero attached hydrogens (tertiary/aromatic N) is 5. The number of halogens is 4. The van der Waals surface area contributed by atoms with E-state index < -0.39 is 23.5 Å². The summed E-state index contributed by atoms with van der Waals surface area (Å²) in [5, 5.41) is 18.8. The molecule has 3 N–H and O–H groups in total. The Bertz CT molecular complexity index is 1460. The third-order valence-corrected chi connectivity index (χ3v) is 7.39. The number of fused-ring (bicyclic) bond motifs is 2. The second kappa shape index (κ2) is 8.19. The molecule has 1 aliphatic heterocycles. The summed E-state index contributed by atoms with van der Waals surface area (Å²) in [6, 6.07) is 6.95. The van der Waals surface area contributed by atoms with Crippen molar-refractivity contribution in [1.29, 1.82) is 0 Å². The van der Waals surface area contributed by atoms with Crippen LogP contribution in [0.2, 0.25) is 0 Å².